The predicted octanol–water partition coefficient (Wildman–Crippen LogP) is 2.79. The fraction of sp³-hybridized carbons (Fsp3) is 0.167. The SMILES string of the molecule is COc1ccc(C(NC(=O)Cn2cnc3c(oc4ccccc43)c2=O)c2nccn2C)cc1. The molecule has 0 saturated carbocycles. The maximum absolute atomic E-state index is 13.0. The van der Waals surface area contributed by atoms with E-state index in [0.29, 0.717) is 22.7 Å². The molecule has 9 heteroatoms. The number of rotatable bonds is 6. The minimum absolute atomic E-state index is 0.127. The van der Waals surface area contributed by atoms with E-state index in [9.17, 15) is 9.59 Å². The predicted molar refractivity (Wildman–Crippen MR) is 122 cm³/mol. The van der Waals surface area contributed by atoms with E-state index in [1.54, 1.807) is 19.4 Å². The van der Waals surface area contributed by atoms with Gasteiger partial charge in [0.2, 0.25) is 11.5 Å². The molecule has 3 heterocycles. The lowest BCUT2D eigenvalue weighted by atomic mass is 10.1. The van der Waals surface area contributed by atoms with Gasteiger partial charge in [0.05, 0.1) is 13.4 Å². The van der Waals surface area contributed by atoms with Crippen LogP contribution in [0.5, 0.6) is 5.75 Å². The second-order valence-electron chi connectivity index (χ2n) is 7.62. The number of benzene rings is 2. The molecule has 3 aromatic heterocycles. The van der Waals surface area contributed by atoms with Crippen molar-refractivity contribution in [3.63, 3.8) is 0 Å². The molecular formula is C24H21N5O4. The first-order valence-electron chi connectivity index (χ1n) is 10.3. The molecule has 9 nitrogen and oxygen atoms in total. The minimum atomic E-state index is -0.512. The summed E-state index contributed by atoms with van der Waals surface area (Å²) < 4.78 is 14.0. The largest absolute Gasteiger partial charge is 0.497 e. The number of ether oxygens (including phenoxy) is 1. The van der Waals surface area contributed by atoms with Crippen LogP contribution in [0, 0.1) is 0 Å². The van der Waals surface area contributed by atoms with Crippen molar-refractivity contribution in [2.24, 2.45) is 7.05 Å². The van der Waals surface area contributed by atoms with Gasteiger partial charge < -0.3 is 19.0 Å². The van der Waals surface area contributed by atoms with E-state index in [-0.39, 0.29) is 18.0 Å². The summed E-state index contributed by atoms with van der Waals surface area (Å²) in [6, 6.07) is 14.2. The zero-order valence-corrected chi connectivity index (χ0v) is 18.1. The van der Waals surface area contributed by atoms with Crippen molar-refractivity contribution in [2.75, 3.05) is 7.11 Å². The van der Waals surface area contributed by atoms with Crippen molar-refractivity contribution in [3.8, 4) is 5.75 Å². The lowest BCUT2D eigenvalue weighted by molar-refractivity contribution is -0.122. The Bertz CT molecular complexity index is 1510. The summed E-state index contributed by atoms with van der Waals surface area (Å²) in [5.41, 5.74) is 1.60. The summed E-state index contributed by atoms with van der Waals surface area (Å²) >= 11 is 0. The molecule has 0 saturated heterocycles. The monoisotopic (exact) mass is 443 g/mol. The zero-order valence-electron chi connectivity index (χ0n) is 18.1. The van der Waals surface area contributed by atoms with Crippen LogP contribution >= 0.6 is 0 Å². The number of fused-ring (bicyclic) bond motifs is 3. The first-order valence-corrected chi connectivity index (χ1v) is 10.3. The maximum atomic E-state index is 13.0. The molecule has 1 atom stereocenters. The van der Waals surface area contributed by atoms with E-state index in [2.05, 4.69) is 15.3 Å². The van der Waals surface area contributed by atoms with Crippen LogP contribution in [0.15, 0.2) is 76.5 Å². The fourth-order valence-electron chi connectivity index (χ4n) is 3.84. The number of aromatic nitrogens is 4. The average molecular weight is 443 g/mol. The van der Waals surface area contributed by atoms with Gasteiger partial charge in [-0.3, -0.25) is 14.2 Å². The number of carbonyl (C=O) groups is 1. The Morgan fingerprint density at radius 2 is 1.94 bits per heavy atom. The van der Waals surface area contributed by atoms with Gasteiger partial charge in [-0.15, -0.1) is 0 Å². The quantitative estimate of drug-likeness (QED) is 0.433. The summed E-state index contributed by atoms with van der Waals surface area (Å²) in [4.78, 5) is 34.7. The van der Waals surface area contributed by atoms with Crippen LogP contribution in [0.3, 0.4) is 0 Å². The Morgan fingerprint density at radius 1 is 1.15 bits per heavy atom. The Kier molecular flexibility index (Phi) is 5.14. The molecule has 1 amide bonds. The highest BCUT2D eigenvalue weighted by Gasteiger charge is 2.22. The van der Waals surface area contributed by atoms with Gasteiger partial charge in [0, 0.05) is 24.8 Å². The normalized spacial score (nSPS) is 12.2. The highest BCUT2D eigenvalue weighted by atomic mass is 16.5. The van der Waals surface area contributed by atoms with Crippen molar-refractivity contribution in [2.45, 2.75) is 12.6 Å². The standard InChI is InChI=1S/C24H21N5O4/c1-28-12-11-25-23(28)20(15-7-9-16(32-2)10-8-15)27-19(30)13-29-14-26-21-17-5-3-4-6-18(17)33-22(21)24(29)31/h3-12,14,20H,13H2,1-2H3,(H,27,30). The van der Waals surface area contributed by atoms with Crippen molar-refractivity contribution < 1.29 is 13.9 Å². The molecule has 0 spiro atoms. The second-order valence-corrected chi connectivity index (χ2v) is 7.62. The number of aryl methyl sites for hydroxylation is 1. The number of para-hydroxylation sites is 1. The molecule has 0 aliphatic rings. The van der Waals surface area contributed by atoms with Crippen LogP contribution < -0.4 is 15.6 Å². The molecular weight excluding hydrogens is 422 g/mol. The van der Waals surface area contributed by atoms with Crippen LogP contribution in [0.4, 0.5) is 0 Å². The Balaban J connectivity index is 1.44. The van der Waals surface area contributed by atoms with E-state index in [4.69, 9.17) is 9.15 Å². The lowest BCUT2D eigenvalue weighted by Crippen LogP contribution is -2.36. The number of amides is 1. The summed E-state index contributed by atoms with van der Waals surface area (Å²) in [5.74, 6) is 1.00. The third-order valence-electron chi connectivity index (χ3n) is 5.54. The summed E-state index contributed by atoms with van der Waals surface area (Å²) in [6.45, 7) is -0.212. The first-order chi connectivity index (χ1) is 16.0. The third kappa shape index (κ3) is 3.73. The second kappa shape index (κ2) is 8.27. The molecule has 0 aliphatic heterocycles. The summed E-state index contributed by atoms with van der Waals surface area (Å²) in [5, 5.41) is 3.74. The topological polar surface area (TPSA) is 104 Å². The smallest absolute Gasteiger partial charge is 0.297 e. The summed E-state index contributed by atoms with van der Waals surface area (Å²) in [6.07, 6.45) is 4.85. The molecule has 33 heavy (non-hydrogen) atoms. The Labute approximate surface area is 188 Å². The average Bonchev–Trinajstić information content (AvgIpc) is 3.43. The van der Waals surface area contributed by atoms with E-state index in [1.807, 2.05) is 60.3 Å². The molecule has 0 bridgehead atoms. The molecule has 1 unspecified atom stereocenters. The van der Waals surface area contributed by atoms with Gasteiger partial charge in [-0.05, 0) is 29.8 Å². The van der Waals surface area contributed by atoms with E-state index < -0.39 is 11.6 Å². The highest BCUT2D eigenvalue weighted by Crippen LogP contribution is 2.25. The Hall–Kier alpha value is -4.40. The minimum Gasteiger partial charge on any atom is -0.497 e. The van der Waals surface area contributed by atoms with Gasteiger partial charge in [-0.1, -0.05) is 24.3 Å². The fourth-order valence-corrected chi connectivity index (χ4v) is 3.84. The molecule has 5 aromatic rings. The first kappa shape index (κ1) is 20.5. The highest BCUT2D eigenvalue weighted by molar-refractivity contribution is 6.01. The summed E-state index contributed by atoms with van der Waals surface area (Å²) in [7, 11) is 3.45. The zero-order chi connectivity index (χ0) is 22.9. The number of imidazole rings is 1. The van der Waals surface area contributed by atoms with E-state index in [1.165, 1.54) is 10.9 Å². The Morgan fingerprint density at radius 3 is 2.67 bits per heavy atom. The molecule has 5 rings (SSSR count). The molecule has 166 valence electrons. The van der Waals surface area contributed by atoms with E-state index >= 15 is 0 Å². The molecule has 2 aromatic carbocycles. The maximum Gasteiger partial charge on any atom is 0.297 e. The van der Waals surface area contributed by atoms with Crippen LogP contribution in [-0.4, -0.2) is 32.1 Å². The van der Waals surface area contributed by atoms with Gasteiger partial charge in [-0.2, -0.15) is 0 Å². The number of hydrogen-bond acceptors (Lipinski definition) is 6. The van der Waals surface area contributed by atoms with Crippen molar-refractivity contribution in [1.82, 2.24) is 24.4 Å². The van der Waals surface area contributed by atoms with Crippen LogP contribution in [0.2, 0.25) is 0 Å². The van der Waals surface area contributed by atoms with Gasteiger partial charge in [0.25, 0.3) is 5.56 Å². The van der Waals surface area contributed by atoms with Gasteiger partial charge >= 0.3 is 0 Å². The molecule has 1 N–H and O–H groups in total. The number of nitrogens with zero attached hydrogens (tertiary/aromatic N) is 4. The van der Waals surface area contributed by atoms with Crippen LogP contribution in [-0.2, 0) is 18.4 Å². The molecule has 0 radical (unpaired) electrons. The number of hydrogen-bond donors (Lipinski definition) is 1. The van der Waals surface area contributed by atoms with Gasteiger partial charge in [0.1, 0.15) is 35.3 Å². The van der Waals surface area contributed by atoms with E-state index in [0.717, 1.165) is 10.9 Å². The van der Waals surface area contributed by atoms with Crippen LogP contribution in [0.25, 0.3) is 22.1 Å². The lowest BCUT2D eigenvalue weighted by Gasteiger charge is -2.19. The molecule has 0 aliphatic carbocycles. The van der Waals surface area contributed by atoms with Gasteiger partial charge in [0.15, 0.2) is 0 Å². The van der Waals surface area contributed by atoms with Crippen LogP contribution in [0.1, 0.15) is 17.4 Å². The van der Waals surface area contributed by atoms with Gasteiger partial charge in [-0.25, -0.2) is 9.97 Å². The number of carbonyl (C=O) groups excluding carboxylic acids is 1. The number of nitrogens with one attached hydrogen (secondary N) is 1. The van der Waals surface area contributed by atoms with Crippen molar-refractivity contribution >= 4 is 28.0 Å². The number of methoxy groups -OCH3 is 1. The third-order valence-corrected chi connectivity index (χ3v) is 5.54. The molecule has 0 fully saturated rings. The number of furan rings is 1. The van der Waals surface area contributed by atoms with Crippen molar-refractivity contribution in [1.29, 1.82) is 0 Å². The van der Waals surface area contributed by atoms with Crippen molar-refractivity contribution in [3.05, 3.63) is 89.0 Å².